The first-order valence-corrected chi connectivity index (χ1v) is 9.74. The summed E-state index contributed by atoms with van der Waals surface area (Å²) in [6.07, 6.45) is 2.14. The Morgan fingerprint density at radius 1 is 1.08 bits per heavy atom. The number of unbranched alkanes of at least 4 members (excludes halogenated alkanes) is 1. The highest BCUT2D eigenvalue weighted by Crippen LogP contribution is 2.24. The van der Waals surface area contributed by atoms with E-state index in [4.69, 9.17) is 9.26 Å². The van der Waals surface area contributed by atoms with Gasteiger partial charge in [-0.3, -0.25) is 9.36 Å². The highest BCUT2D eigenvalue weighted by molar-refractivity contribution is 7.37. The second-order valence-corrected chi connectivity index (χ2v) is 6.68. The van der Waals surface area contributed by atoms with E-state index in [9.17, 15) is 9.36 Å². The first-order chi connectivity index (χ1) is 12.2. The predicted octanol–water partition coefficient (Wildman–Crippen LogP) is 4.00. The summed E-state index contributed by atoms with van der Waals surface area (Å²) in [6.45, 7) is 2.39. The molecule has 0 aliphatic heterocycles. The normalized spacial score (nSPS) is 13.0. The molecule has 2 unspecified atom stereocenters. The van der Waals surface area contributed by atoms with Crippen molar-refractivity contribution in [3.8, 4) is 5.75 Å². The molecule has 0 fully saturated rings. The van der Waals surface area contributed by atoms with Crippen LogP contribution in [0.3, 0.4) is 0 Å². The number of esters is 1. The summed E-state index contributed by atoms with van der Waals surface area (Å²) in [5, 5.41) is 2.79. The molecule has 0 heterocycles. The van der Waals surface area contributed by atoms with Gasteiger partial charge in [-0.1, -0.05) is 61.9 Å². The Morgan fingerprint density at radius 2 is 1.72 bits per heavy atom. The van der Waals surface area contributed by atoms with Crippen LogP contribution in [0.15, 0.2) is 60.7 Å². The van der Waals surface area contributed by atoms with E-state index >= 15 is 0 Å². The van der Waals surface area contributed by atoms with E-state index in [1.54, 1.807) is 24.3 Å². The van der Waals surface area contributed by atoms with Gasteiger partial charge in [0.2, 0.25) is 0 Å². The molecule has 1 N–H and O–H groups in total. The van der Waals surface area contributed by atoms with Gasteiger partial charge in [0.15, 0.2) is 0 Å². The van der Waals surface area contributed by atoms with E-state index in [2.05, 4.69) is 5.09 Å². The second kappa shape index (κ2) is 10.7. The van der Waals surface area contributed by atoms with Gasteiger partial charge >= 0.3 is 14.1 Å². The number of ether oxygens (including phenoxy) is 1. The van der Waals surface area contributed by atoms with E-state index in [-0.39, 0.29) is 0 Å². The van der Waals surface area contributed by atoms with Crippen molar-refractivity contribution in [2.45, 2.75) is 32.2 Å². The number of carbonyl (C=O) groups is 1. The fraction of sp³-hybridized carbons (Fsp3) is 0.316. The third kappa shape index (κ3) is 7.12. The van der Waals surface area contributed by atoms with Crippen LogP contribution in [0, 0.1) is 0 Å². The molecular weight excluding hydrogens is 337 g/mol. The zero-order chi connectivity index (χ0) is 17.9. The summed E-state index contributed by atoms with van der Waals surface area (Å²) in [5.41, 5.74) is 0.960. The zero-order valence-electron chi connectivity index (χ0n) is 14.3. The van der Waals surface area contributed by atoms with Gasteiger partial charge < -0.3 is 9.26 Å². The number of nitrogens with one attached hydrogen (secondary N) is 1. The van der Waals surface area contributed by atoms with Crippen molar-refractivity contribution in [3.63, 3.8) is 0 Å². The van der Waals surface area contributed by atoms with E-state index in [1.165, 1.54) is 0 Å². The molecule has 6 heteroatoms. The molecule has 2 aromatic rings. The maximum atomic E-state index is 12.3. The lowest BCUT2D eigenvalue weighted by Crippen LogP contribution is -2.36. The second-order valence-electron chi connectivity index (χ2n) is 5.61. The summed E-state index contributed by atoms with van der Waals surface area (Å²) in [6, 6.07) is 17.7. The lowest BCUT2D eigenvalue weighted by Gasteiger charge is -2.18. The van der Waals surface area contributed by atoms with Gasteiger partial charge in [0.25, 0.3) is 0 Å². The van der Waals surface area contributed by atoms with Crippen molar-refractivity contribution in [3.05, 3.63) is 66.2 Å². The minimum Gasteiger partial charge on any atom is -0.465 e. The quantitative estimate of drug-likeness (QED) is 0.394. The van der Waals surface area contributed by atoms with Gasteiger partial charge in [-0.25, -0.2) is 5.09 Å². The Labute approximate surface area is 149 Å². The zero-order valence-corrected chi connectivity index (χ0v) is 15.3. The van der Waals surface area contributed by atoms with Gasteiger partial charge in [0, 0.05) is 0 Å². The van der Waals surface area contributed by atoms with E-state index in [1.807, 2.05) is 43.3 Å². The lowest BCUT2D eigenvalue weighted by atomic mass is 10.1. The molecule has 2 aromatic carbocycles. The van der Waals surface area contributed by atoms with E-state index < -0.39 is 20.2 Å². The van der Waals surface area contributed by atoms with Crippen LogP contribution in [0.1, 0.15) is 25.3 Å². The van der Waals surface area contributed by atoms with Crippen molar-refractivity contribution < 1.29 is 18.6 Å². The molecule has 2 atom stereocenters. The van der Waals surface area contributed by atoms with Crippen molar-refractivity contribution in [1.82, 2.24) is 5.09 Å². The van der Waals surface area contributed by atoms with Crippen LogP contribution in [0.2, 0.25) is 0 Å². The maximum absolute atomic E-state index is 12.3. The van der Waals surface area contributed by atoms with Crippen LogP contribution in [0.4, 0.5) is 0 Å². The fourth-order valence-electron chi connectivity index (χ4n) is 2.23. The Hall–Kier alpha value is -2.10. The Morgan fingerprint density at radius 3 is 2.36 bits per heavy atom. The molecule has 2 rings (SSSR count). The number of hydrogen-bond acceptors (Lipinski definition) is 4. The lowest BCUT2D eigenvalue weighted by molar-refractivity contribution is -0.145. The van der Waals surface area contributed by atoms with Crippen LogP contribution in [-0.4, -0.2) is 18.6 Å². The largest absolute Gasteiger partial charge is 0.465 e. The van der Waals surface area contributed by atoms with Crippen LogP contribution < -0.4 is 9.61 Å². The first kappa shape index (κ1) is 19.2. The molecule has 0 saturated carbocycles. The van der Waals surface area contributed by atoms with Crippen LogP contribution >= 0.6 is 8.18 Å². The number of hydrogen-bond donors (Lipinski definition) is 1. The number of carbonyl (C=O) groups excluding carboxylic acids is 1. The summed E-state index contributed by atoms with van der Waals surface area (Å²) >= 11 is 0. The minimum absolute atomic E-state index is 0.364. The Kier molecular flexibility index (Phi) is 8.23. The fourth-order valence-corrected chi connectivity index (χ4v) is 3.14. The first-order valence-electron chi connectivity index (χ1n) is 8.43. The van der Waals surface area contributed by atoms with Gasteiger partial charge in [-0.2, -0.15) is 0 Å². The molecular formula is C19H24NO4P. The van der Waals surface area contributed by atoms with Crippen molar-refractivity contribution in [2.75, 3.05) is 6.61 Å². The standard InChI is InChI=1S/C19H24NO4P/c1-2-3-14-23-19(21)18(15-16-10-6-4-7-11-16)20-25(22)24-17-12-8-5-9-13-17/h4-13,18,25H,2-3,14-15H2,1H3,(H,20,22). The molecule has 0 saturated heterocycles. The van der Waals surface area contributed by atoms with Crippen LogP contribution in [-0.2, 0) is 20.5 Å². The topological polar surface area (TPSA) is 64.6 Å². The number of benzene rings is 2. The third-order valence-electron chi connectivity index (χ3n) is 3.56. The summed E-state index contributed by atoms with van der Waals surface area (Å²) in [5.74, 6) is 0.0871. The SMILES string of the molecule is CCCCOC(=O)C(Cc1ccccc1)N[PH](=O)Oc1ccccc1. The molecule has 5 nitrogen and oxygen atoms in total. The molecule has 0 spiro atoms. The average Bonchev–Trinajstić information content (AvgIpc) is 2.63. The average molecular weight is 361 g/mol. The predicted molar refractivity (Wildman–Crippen MR) is 99.0 cm³/mol. The minimum atomic E-state index is -2.64. The maximum Gasteiger partial charge on any atom is 0.323 e. The molecule has 0 bridgehead atoms. The van der Waals surface area contributed by atoms with E-state index in [0.29, 0.717) is 18.8 Å². The molecule has 25 heavy (non-hydrogen) atoms. The number of para-hydroxylation sites is 1. The Bertz CT molecular complexity index is 664. The highest BCUT2D eigenvalue weighted by Gasteiger charge is 2.23. The molecule has 0 aliphatic carbocycles. The van der Waals surface area contributed by atoms with Crippen LogP contribution in [0.5, 0.6) is 5.75 Å². The van der Waals surface area contributed by atoms with Crippen molar-refractivity contribution >= 4 is 14.1 Å². The molecule has 0 amide bonds. The molecule has 0 radical (unpaired) electrons. The van der Waals surface area contributed by atoms with Crippen molar-refractivity contribution in [1.29, 1.82) is 0 Å². The molecule has 0 aromatic heterocycles. The molecule has 0 aliphatic rings. The Balaban J connectivity index is 1.99. The van der Waals surface area contributed by atoms with Gasteiger partial charge in [0.1, 0.15) is 11.8 Å². The monoisotopic (exact) mass is 361 g/mol. The third-order valence-corrected chi connectivity index (χ3v) is 4.56. The number of rotatable bonds is 10. The van der Waals surface area contributed by atoms with Gasteiger partial charge in [-0.05, 0) is 30.5 Å². The summed E-state index contributed by atoms with van der Waals surface area (Å²) in [7, 11) is -2.64. The van der Waals surface area contributed by atoms with Crippen LogP contribution in [0.25, 0.3) is 0 Å². The summed E-state index contributed by atoms with van der Waals surface area (Å²) < 4.78 is 23.0. The van der Waals surface area contributed by atoms with Gasteiger partial charge in [0.05, 0.1) is 6.61 Å². The molecule has 134 valence electrons. The van der Waals surface area contributed by atoms with E-state index in [0.717, 1.165) is 18.4 Å². The summed E-state index contributed by atoms with van der Waals surface area (Å²) in [4.78, 5) is 12.3. The van der Waals surface area contributed by atoms with Crippen molar-refractivity contribution in [2.24, 2.45) is 0 Å². The smallest absolute Gasteiger partial charge is 0.323 e. The highest BCUT2D eigenvalue weighted by atomic mass is 31.1. The van der Waals surface area contributed by atoms with Gasteiger partial charge in [-0.15, -0.1) is 0 Å².